The minimum Gasteiger partial charge on any atom is -0.351 e. The first kappa shape index (κ1) is 12.0. The molecule has 0 bridgehead atoms. The lowest BCUT2D eigenvalue weighted by Gasteiger charge is -2.04. The molecule has 0 saturated heterocycles. The second-order valence-electron chi connectivity index (χ2n) is 3.41. The molecule has 0 radical (unpaired) electrons. The number of hydrogen-bond acceptors (Lipinski definition) is 2. The monoisotopic (exact) mass is 308 g/mol. The van der Waals surface area contributed by atoms with Gasteiger partial charge in [-0.2, -0.15) is 0 Å². The summed E-state index contributed by atoms with van der Waals surface area (Å²) in [5.41, 5.74) is 1.28. The molecule has 1 aromatic carbocycles. The molecule has 2 rings (SSSR count). The van der Waals surface area contributed by atoms with Crippen LogP contribution in [0.4, 0.5) is 5.69 Å². The Morgan fingerprint density at radius 3 is 2.76 bits per heavy atom. The smallest absolute Gasteiger partial charge is 0.255 e. The summed E-state index contributed by atoms with van der Waals surface area (Å²) in [7, 11) is 0. The van der Waals surface area contributed by atoms with Crippen molar-refractivity contribution in [3.63, 3.8) is 0 Å². The van der Waals surface area contributed by atoms with Crippen molar-refractivity contribution < 1.29 is 4.79 Å². The van der Waals surface area contributed by atoms with Gasteiger partial charge >= 0.3 is 0 Å². The molecule has 2 N–H and O–H groups in total. The normalized spacial score (nSPS) is 9.94. The molecule has 0 saturated carbocycles. The zero-order valence-electron chi connectivity index (χ0n) is 8.74. The molecule has 0 aliphatic carbocycles. The molecule has 0 spiro atoms. The maximum absolute atomic E-state index is 11.9. The van der Waals surface area contributed by atoms with E-state index < -0.39 is 0 Å². The maximum Gasteiger partial charge on any atom is 0.255 e. The van der Waals surface area contributed by atoms with Crippen molar-refractivity contribution in [2.24, 2.45) is 0 Å². The molecule has 1 aromatic heterocycles. The number of nitrogens with one attached hydrogen (secondary N) is 2. The van der Waals surface area contributed by atoms with E-state index in [0.29, 0.717) is 15.9 Å². The lowest BCUT2D eigenvalue weighted by Crippen LogP contribution is -2.11. The van der Waals surface area contributed by atoms with Gasteiger partial charge in [0.05, 0.1) is 5.69 Å². The van der Waals surface area contributed by atoms with Crippen molar-refractivity contribution in [2.75, 3.05) is 5.32 Å². The standard InChI is InChI=1S/C12H9BrN2OS/c13-9-3-1-2-8(6-9)12(16)15-10-4-5-11(17)14-7-10/h1-7H,(H,14,17)(H,15,16). The highest BCUT2D eigenvalue weighted by Crippen LogP contribution is 2.13. The minimum atomic E-state index is -0.156. The third-order valence-corrected chi connectivity index (χ3v) is 2.88. The number of anilines is 1. The molecule has 2 aromatic rings. The highest BCUT2D eigenvalue weighted by molar-refractivity contribution is 9.10. The van der Waals surface area contributed by atoms with Crippen molar-refractivity contribution in [3.05, 3.63) is 57.3 Å². The summed E-state index contributed by atoms with van der Waals surface area (Å²) in [6.07, 6.45) is 1.66. The predicted octanol–water partition coefficient (Wildman–Crippen LogP) is 3.76. The predicted molar refractivity (Wildman–Crippen MR) is 73.7 cm³/mol. The number of rotatable bonds is 2. The average Bonchev–Trinajstić information content (AvgIpc) is 2.32. The summed E-state index contributed by atoms with van der Waals surface area (Å²) >= 11 is 8.25. The van der Waals surface area contributed by atoms with E-state index in [4.69, 9.17) is 12.2 Å². The van der Waals surface area contributed by atoms with E-state index in [9.17, 15) is 4.79 Å². The summed E-state index contributed by atoms with van der Waals surface area (Å²) in [5.74, 6) is -0.156. The van der Waals surface area contributed by atoms with Gasteiger partial charge in [-0.25, -0.2) is 0 Å². The molecule has 0 unspecified atom stereocenters. The van der Waals surface area contributed by atoms with Crippen molar-refractivity contribution in [2.45, 2.75) is 0 Å². The Morgan fingerprint density at radius 1 is 1.29 bits per heavy atom. The van der Waals surface area contributed by atoms with Crippen LogP contribution in [0.1, 0.15) is 10.4 Å². The topological polar surface area (TPSA) is 44.9 Å². The molecular formula is C12H9BrN2OS. The third kappa shape index (κ3) is 3.25. The average molecular weight is 309 g/mol. The third-order valence-electron chi connectivity index (χ3n) is 2.13. The fraction of sp³-hybridized carbons (Fsp3) is 0. The van der Waals surface area contributed by atoms with E-state index in [1.807, 2.05) is 12.1 Å². The van der Waals surface area contributed by atoms with Gasteiger partial charge in [0, 0.05) is 16.2 Å². The van der Waals surface area contributed by atoms with Gasteiger partial charge in [0.1, 0.15) is 4.64 Å². The first-order valence-electron chi connectivity index (χ1n) is 4.91. The van der Waals surface area contributed by atoms with Crippen molar-refractivity contribution >= 4 is 39.7 Å². The van der Waals surface area contributed by atoms with Crippen LogP contribution in [0.5, 0.6) is 0 Å². The van der Waals surface area contributed by atoms with E-state index in [2.05, 4.69) is 26.2 Å². The van der Waals surface area contributed by atoms with Gasteiger partial charge in [0.2, 0.25) is 0 Å². The molecule has 3 nitrogen and oxygen atoms in total. The van der Waals surface area contributed by atoms with E-state index >= 15 is 0 Å². The number of aromatic amines is 1. The molecule has 17 heavy (non-hydrogen) atoms. The fourth-order valence-corrected chi connectivity index (χ4v) is 1.85. The molecule has 1 amide bonds. The summed E-state index contributed by atoms with van der Waals surface area (Å²) in [4.78, 5) is 14.7. The zero-order chi connectivity index (χ0) is 12.3. The highest BCUT2D eigenvalue weighted by atomic mass is 79.9. The second kappa shape index (κ2) is 5.25. The molecule has 1 heterocycles. The fourth-order valence-electron chi connectivity index (χ4n) is 1.32. The van der Waals surface area contributed by atoms with E-state index in [-0.39, 0.29) is 5.91 Å². The highest BCUT2D eigenvalue weighted by Gasteiger charge is 2.05. The van der Waals surface area contributed by atoms with E-state index in [1.165, 1.54) is 0 Å². The van der Waals surface area contributed by atoms with Crippen molar-refractivity contribution in [1.82, 2.24) is 4.98 Å². The molecule has 0 aliphatic rings. The SMILES string of the molecule is O=C(Nc1ccc(=S)[nH]c1)c1cccc(Br)c1. The summed E-state index contributed by atoms with van der Waals surface area (Å²) in [6, 6.07) is 10.7. The van der Waals surface area contributed by atoms with Gasteiger partial charge in [0.25, 0.3) is 5.91 Å². The Bertz CT molecular complexity index is 589. The summed E-state index contributed by atoms with van der Waals surface area (Å²) < 4.78 is 1.50. The van der Waals surface area contributed by atoms with Gasteiger partial charge in [-0.05, 0) is 30.3 Å². The molecule has 0 fully saturated rings. The van der Waals surface area contributed by atoms with E-state index in [1.54, 1.807) is 30.5 Å². The van der Waals surface area contributed by atoms with Gasteiger partial charge < -0.3 is 10.3 Å². The van der Waals surface area contributed by atoms with Crippen LogP contribution < -0.4 is 5.32 Å². The van der Waals surface area contributed by atoms with Crippen LogP contribution in [0.15, 0.2) is 47.1 Å². The van der Waals surface area contributed by atoms with Crippen LogP contribution in [0.2, 0.25) is 0 Å². The largest absolute Gasteiger partial charge is 0.351 e. The van der Waals surface area contributed by atoms with Crippen LogP contribution in [-0.2, 0) is 0 Å². The van der Waals surface area contributed by atoms with Gasteiger partial charge in [0.15, 0.2) is 0 Å². The van der Waals surface area contributed by atoms with Crippen LogP contribution in [0.25, 0.3) is 0 Å². The van der Waals surface area contributed by atoms with Crippen LogP contribution in [-0.4, -0.2) is 10.9 Å². The lowest BCUT2D eigenvalue weighted by molar-refractivity contribution is 0.102. The number of aromatic nitrogens is 1. The number of benzene rings is 1. The van der Waals surface area contributed by atoms with Gasteiger partial charge in [-0.1, -0.05) is 34.2 Å². The number of halogens is 1. The number of carbonyl (C=O) groups excluding carboxylic acids is 1. The zero-order valence-corrected chi connectivity index (χ0v) is 11.1. The van der Waals surface area contributed by atoms with Crippen LogP contribution in [0, 0.1) is 4.64 Å². The lowest BCUT2D eigenvalue weighted by atomic mass is 10.2. The van der Waals surface area contributed by atoms with Gasteiger partial charge in [-0.3, -0.25) is 4.79 Å². The molecule has 0 aliphatic heterocycles. The van der Waals surface area contributed by atoms with Crippen molar-refractivity contribution in [1.29, 1.82) is 0 Å². The summed E-state index contributed by atoms with van der Waals surface area (Å²) in [6.45, 7) is 0. The Kier molecular flexibility index (Phi) is 3.71. The molecule has 0 atom stereocenters. The Hall–Kier alpha value is -1.46. The number of hydrogen-bond donors (Lipinski definition) is 2. The van der Waals surface area contributed by atoms with Crippen LogP contribution in [0.3, 0.4) is 0 Å². The Morgan fingerprint density at radius 2 is 2.12 bits per heavy atom. The summed E-state index contributed by atoms with van der Waals surface area (Å²) in [5, 5.41) is 2.78. The maximum atomic E-state index is 11.9. The minimum absolute atomic E-state index is 0.156. The Labute approximate surface area is 112 Å². The van der Waals surface area contributed by atoms with E-state index in [0.717, 1.165) is 4.47 Å². The first-order valence-corrected chi connectivity index (χ1v) is 6.11. The van der Waals surface area contributed by atoms with Crippen molar-refractivity contribution in [3.8, 4) is 0 Å². The number of carbonyl (C=O) groups is 1. The molecule has 5 heteroatoms. The number of H-pyrrole nitrogens is 1. The first-order chi connectivity index (χ1) is 8.15. The Balaban J connectivity index is 2.17. The number of pyridine rings is 1. The molecular weight excluding hydrogens is 300 g/mol. The molecule has 86 valence electrons. The quantitative estimate of drug-likeness (QED) is 0.830. The second-order valence-corrected chi connectivity index (χ2v) is 4.76. The van der Waals surface area contributed by atoms with Crippen LogP contribution >= 0.6 is 28.1 Å². The number of amides is 1. The van der Waals surface area contributed by atoms with Gasteiger partial charge in [-0.15, -0.1) is 0 Å².